The SMILES string of the molecule is Cc1ccc(OCc2ncc(CCN)s2)c(C)c1. The van der Waals surface area contributed by atoms with Gasteiger partial charge in [0, 0.05) is 11.1 Å². The van der Waals surface area contributed by atoms with Crippen molar-refractivity contribution in [1.29, 1.82) is 0 Å². The Morgan fingerprint density at radius 3 is 2.89 bits per heavy atom. The van der Waals surface area contributed by atoms with Crippen LogP contribution in [0.3, 0.4) is 0 Å². The monoisotopic (exact) mass is 262 g/mol. The first-order valence-electron chi connectivity index (χ1n) is 6.02. The smallest absolute Gasteiger partial charge is 0.140 e. The Labute approximate surface area is 112 Å². The maximum Gasteiger partial charge on any atom is 0.140 e. The summed E-state index contributed by atoms with van der Waals surface area (Å²) in [5.74, 6) is 0.927. The van der Waals surface area contributed by atoms with Crippen LogP contribution in [0.25, 0.3) is 0 Å². The van der Waals surface area contributed by atoms with E-state index in [1.54, 1.807) is 11.3 Å². The average Bonchev–Trinajstić information content (AvgIpc) is 2.76. The van der Waals surface area contributed by atoms with Gasteiger partial charge in [0.15, 0.2) is 0 Å². The molecule has 2 N–H and O–H groups in total. The number of aromatic nitrogens is 1. The van der Waals surface area contributed by atoms with Crippen LogP contribution in [0.5, 0.6) is 5.75 Å². The summed E-state index contributed by atoms with van der Waals surface area (Å²) >= 11 is 1.67. The first kappa shape index (κ1) is 13.1. The molecule has 3 nitrogen and oxygen atoms in total. The molecule has 0 amide bonds. The second-order valence-corrected chi connectivity index (χ2v) is 5.52. The van der Waals surface area contributed by atoms with Gasteiger partial charge in [0.1, 0.15) is 17.4 Å². The van der Waals surface area contributed by atoms with Gasteiger partial charge in [-0.2, -0.15) is 0 Å². The number of hydrogen-bond donors (Lipinski definition) is 1. The van der Waals surface area contributed by atoms with Crippen molar-refractivity contribution < 1.29 is 4.74 Å². The van der Waals surface area contributed by atoms with E-state index in [0.29, 0.717) is 13.2 Å². The molecule has 96 valence electrons. The Hall–Kier alpha value is -1.39. The summed E-state index contributed by atoms with van der Waals surface area (Å²) in [4.78, 5) is 5.55. The normalized spacial score (nSPS) is 10.6. The first-order valence-corrected chi connectivity index (χ1v) is 6.84. The lowest BCUT2D eigenvalue weighted by Gasteiger charge is -2.07. The number of nitrogens with zero attached hydrogens (tertiary/aromatic N) is 1. The summed E-state index contributed by atoms with van der Waals surface area (Å²) in [5, 5.41) is 0.999. The third-order valence-corrected chi connectivity index (χ3v) is 3.70. The summed E-state index contributed by atoms with van der Waals surface area (Å²) < 4.78 is 5.79. The first-order chi connectivity index (χ1) is 8.69. The minimum atomic E-state index is 0.527. The van der Waals surface area contributed by atoms with Gasteiger partial charge < -0.3 is 10.5 Å². The summed E-state index contributed by atoms with van der Waals surface area (Å²) in [6.45, 7) is 5.33. The molecular formula is C14H18N2OS. The van der Waals surface area contributed by atoms with Crippen LogP contribution in [0.15, 0.2) is 24.4 Å². The zero-order chi connectivity index (χ0) is 13.0. The van der Waals surface area contributed by atoms with Crippen molar-refractivity contribution >= 4 is 11.3 Å². The van der Waals surface area contributed by atoms with Crippen LogP contribution in [0.2, 0.25) is 0 Å². The van der Waals surface area contributed by atoms with Crippen molar-refractivity contribution in [2.24, 2.45) is 5.73 Å². The van der Waals surface area contributed by atoms with E-state index in [1.165, 1.54) is 10.4 Å². The largest absolute Gasteiger partial charge is 0.486 e. The fraction of sp³-hybridized carbons (Fsp3) is 0.357. The molecule has 1 aromatic heterocycles. The van der Waals surface area contributed by atoms with E-state index in [1.807, 2.05) is 12.3 Å². The van der Waals surface area contributed by atoms with Crippen LogP contribution in [0.4, 0.5) is 0 Å². The van der Waals surface area contributed by atoms with E-state index in [0.717, 1.165) is 22.7 Å². The van der Waals surface area contributed by atoms with Crippen molar-refractivity contribution in [2.75, 3.05) is 6.54 Å². The lowest BCUT2D eigenvalue weighted by Crippen LogP contribution is -2.00. The molecule has 0 radical (unpaired) electrons. The van der Waals surface area contributed by atoms with Gasteiger partial charge in [0.2, 0.25) is 0 Å². The quantitative estimate of drug-likeness (QED) is 0.901. The highest BCUT2D eigenvalue weighted by Gasteiger charge is 2.04. The lowest BCUT2D eigenvalue weighted by molar-refractivity contribution is 0.303. The molecule has 0 saturated carbocycles. The topological polar surface area (TPSA) is 48.1 Å². The van der Waals surface area contributed by atoms with Gasteiger partial charge in [-0.05, 0) is 38.4 Å². The van der Waals surface area contributed by atoms with E-state index >= 15 is 0 Å². The zero-order valence-electron chi connectivity index (χ0n) is 10.8. The Bertz CT molecular complexity index is 522. The van der Waals surface area contributed by atoms with Gasteiger partial charge in [-0.25, -0.2) is 4.98 Å². The fourth-order valence-corrected chi connectivity index (χ4v) is 2.62. The second kappa shape index (κ2) is 5.98. The van der Waals surface area contributed by atoms with Gasteiger partial charge >= 0.3 is 0 Å². The summed E-state index contributed by atoms with van der Waals surface area (Å²) in [5.41, 5.74) is 7.93. The Balaban J connectivity index is 1.97. The van der Waals surface area contributed by atoms with E-state index in [2.05, 4.69) is 31.0 Å². The van der Waals surface area contributed by atoms with E-state index in [-0.39, 0.29) is 0 Å². The molecule has 2 aromatic rings. The molecule has 2 rings (SSSR count). The van der Waals surface area contributed by atoms with Crippen LogP contribution in [0.1, 0.15) is 21.0 Å². The van der Waals surface area contributed by atoms with Crippen molar-refractivity contribution in [2.45, 2.75) is 26.9 Å². The van der Waals surface area contributed by atoms with Gasteiger partial charge in [-0.15, -0.1) is 11.3 Å². The highest BCUT2D eigenvalue weighted by molar-refractivity contribution is 7.11. The molecule has 0 unspecified atom stereocenters. The minimum absolute atomic E-state index is 0.527. The van der Waals surface area contributed by atoms with Crippen LogP contribution >= 0.6 is 11.3 Å². The molecule has 4 heteroatoms. The summed E-state index contributed by atoms with van der Waals surface area (Å²) in [6, 6.07) is 6.19. The molecule has 1 aromatic carbocycles. The Kier molecular flexibility index (Phi) is 4.33. The summed E-state index contributed by atoms with van der Waals surface area (Å²) in [7, 11) is 0. The molecule has 0 atom stereocenters. The molecule has 0 aliphatic carbocycles. The molecule has 0 aliphatic rings. The number of ether oxygens (including phenoxy) is 1. The molecule has 1 heterocycles. The predicted molar refractivity (Wildman–Crippen MR) is 75.1 cm³/mol. The van der Waals surface area contributed by atoms with Crippen LogP contribution in [0, 0.1) is 13.8 Å². The molecule has 0 aliphatic heterocycles. The molecule has 0 spiro atoms. The molecular weight excluding hydrogens is 244 g/mol. The third-order valence-electron chi connectivity index (χ3n) is 2.67. The van der Waals surface area contributed by atoms with E-state index < -0.39 is 0 Å². The third kappa shape index (κ3) is 3.31. The highest BCUT2D eigenvalue weighted by Crippen LogP contribution is 2.21. The zero-order valence-corrected chi connectivity index (χ0v) is 11.6. The van der Waals surface area contributed by atoms with Crippen LogP contribution in [-0.2, 0) is 13.0 Å². The average molecular weight is 262 g/mol. The van der Waals surface area contributed by atoms with Crippen molar-refractivity contribution in [3.8, 4) is 5.75 Å². The number of rotatable bonds is 5. The lowest BCUT2D eigenvalue weighted by atomic mass is 10.1. The second-order valence-electron chi connectivity index (χ2n) is 4.32. The van der Waals surface area contributed by atoms with Crippen molar-refractivity contribution in [3.63, 3.8) is 0 Å². The van der Waals surface area contributed by atoms with Crippen LogP contribution < -0.4 is 10.5 Å². The maximum atomic E-state index is 5.79. The number of aryl methyl sites for hydroxylation is 2. The number of thiazole rings is 1. The minimum Gasteiger partial charge on any atom is -0.486 e. The summed E-state index contributed by atoms with van der Waals surface area (Å²) in [6.07, 6.45) is 2.78. The number of hydrogen-bond acceptors (Lipinski definition) is 4. The molecule has 18 heavy (non-hydrogen) atoms. The number of nitrogens with two attached hydrogens (primary N) is 1. The molecule has 0 saturated heterocycles. The van der Waals surface area contributed by atoms with Crippen molar-refractivity contribution in [1.82, 2.24) is 4.98 Å². The number of benzene rings is 1. The van der Waals surface area contributed by atoms with Gasteiger partial charge in [0.25, 0.3) is 0 Å². The van der Waals surface area contributed by atoms with E-state index in [9.17, 15) is 0 Å². The van der Waals surface area contributed by atoms with Gasteiger partial charge in [0.05, 0.1) is 0 Å². The molecule has 0 fully saturated rings. The standard InChI is InChI=1S/C14H18N2OS/c1-10-3-4-13(11(2)7-10)17-9-14-16-8-12(18-14)5-6-15/h3-4,7-8H,5-6,9,15H2,1-2H3. The highest BCUT2D eigenvalue weighted by atomic mass is 32.1. The van der Waals surface area contributed by atoms with Crippen molar-refractivity contribution in [3.05, 3.63) is 45.4 Å². The fourth-order valence-electron chi connectivity index (χ4n) is 1.77. The van der Waals surface area contributed by atoms with Crippen LogP contribution in [-0.4, -0.2) is 11.5 Å². The predicted octanol–water partition coefficient (Wildman–Crippen LogP) is 2.84. The maximum absolute atomic E-state index is 5.79. The Morgan fingerprint density at radius 1 is 1.33 bits per heavy atom. The van der Waals surface area contributed by atoms with Gasteiger partial charge in [-0.1, -0.05) is 17.7 Å². The van der Waals surface area contributed by atoms with Gasteiger partial charge in [-0.3, -0.25) is 0 Å². The molecule has 0 bridgehead atoms. The Morgan fingerprint density at radius 2 is 2.17 bits per heavy atom. The van der Waals surface area contributed by atoms with E-state index in [4.69, 9.17) is 10.5 Å².